The van der Waals surface area contributed by atoms with Crippen LogP contribution in [0.1, 0.15) is 60.1 Å². The third kappa shape index (κ3) is 2.99. The SMILES string of the molecule is Cc1cccc(Nc2nc(NC3CCCCC3N)nc3c2C(=O)NC32CC2)c1. The summed E-state index contributed by atoms with van der Waals surface area (Å²) in [6, 6.07) is 8.32. The number of nitrogens with two attached hydrogens (primary N) is 1. The standard InChI is InChI=1S/C21H26N6O/c1-12-5-4-6-13(11-12)23-18-16-17(21(9-10-21)27-19(16)28)25-20(26-18)24-15-8-3-2-7-14(15)22/h4-6,11,14-15H,2-3,7-10,22H2,1H3,(H,27,28)(H2,23,24,25,26). The van der Waals surface area contributed by atoms with E-state index in [0.717, 1.165) is 49.0 Å². The number of hydrogen-bond donors (Lipinski definition) is 4. The van der Waals surface area contributed by atoms with Crippen molar-refractivity contribution < 1.29 is 4.79 Å². The van der Waals surface area contributed by atoms with Crippen molar-refractivity contribution in [3.05, 3.63) is 41.1 Å². The molecule has 0 bridgehead atoms. The number of anilines is 3. The van der Waals surface area contributed by atoms with Gasteiger partial charge in [0.1, 0.15) is 11.4 Å². The van der Waals surface area contributed by atoms with E-state index in [1.54, 1.807) is 0 Å². The number of aromatic nitrogens is 2. The van der Waals surface area contributed by atoms with Crippen molar-refractivity contribution in [2.24, 2.45) is 5.73 Å². The number of carbonyl (C=O) groups is 1. The van der Waals surface area contributed by atoms with E-state index < -0.39 is 0 Å². The van der Waals surface area contributed by atoms with Crippen LogP contribution in [0.25, 0.3) is 0 Å². The summed E-state index contributed by atoms with van der Waals surface area (Å²) in [6.07, 6.45) is 6.22. The zero-order chi connectivity index (χ0) is 19.3. The van der Waals surface area contributed by atoms with E-state index in [1.165, 1.54) is 6.42 Å². The lowest BCUT2D eigenvalue weighted by Gasteiger charge is -2.29. The van der Waals surface area contributed by atoms with Gasteiger partial charge in [0.15, 0.2) is 0 Å². The minimum Gasteiger partial charge on any atom is -0.350 e. The largest absolute Gasteiger partial charge is 0.350 e. The lowest BCUT2D eigenvalue weighted by atomic mass is 9.91. The van der Waals surface area contributed by atoms with Gasteiger partial charge in [-0.1, -0.05) is 25.0 Å². The van der Waals surface area contributed by atoms with Crippen molar-refractivity contribution >= 4 is 23.4 Å². The van der Waals surface area contributed by atoms with Crippen LogP contribution in [0.4, 0.5) is 17.5 Å². The Morgan fingerprint density at radius 3 is 2.79 bits per heavy atom. The highest BCUT2D eigenvalue weighted by Crippen LogP contribution is 2.51. The molecule has 0 radical (unpaired) electrons. The Kier molecular flexibility index (Phi) is 4.01. The van der Waals surface area contributed by atoms with Crippen LogP contribution in [0.5, 0.6) is 0 Å². The summed E-state index contributed by atoms with van der Waals surface area (Å²) < 4.78 is 0. The highest BCUT2D eigenvalue weighted by Gasteiger charge is 2.55. The molecule has 1 spiro atoms. The maximum absolute atomic E-state index is 12.7. The predicted molar refractivity (Wildman–Crippen MR) is 109 cm³/mol. The van der Waals surface area contributed by atoms with Gasteiger partial charge in [0, 0.05) is 17.8 Å². The van der Waals surface area contributed by atoms with E-state index in [4.69, 9.17) is 15.7 Å². The lowest BCUT2D eigenvalue weighted by molar-refractivity contribution is 0.0953. The molecular weight excluding hydrogens is 352 g/mol. The molecule has 2 unspecified atom stereocenters. The second kappa shape index (κ2) is 6.44. The van der Waals surface area contributed by atoms with Crippen LogP contribution < -0.4 is 21.7 Å². The Morgan fingerprint density at radius 2 is 2.04 bits per heavy atom. The molecule has 2 heterocycles. The number of carbonyl (C=O) groups excluding carboxylic acids is 1. The fraction of sp³-hybridized carbons (Fsp3) is 0.476. The van der Waals surface area contributed by atoms with Crippen LogP contribution in [-0.4, -0.2) is 28.0 Å². The fourth-order valence-corrected chi connectivity index (χ4v) is 4.37. The van der Waals surface area contributed by atoms with Gasteiger partial charge in [-0.05, 0) is 50.3 Å². The first-order valence-electron chi connectivity index (χ1n) is 10.1. The molecule has 2 atom stereocenters. The van der Waals surface area contributed by atoms with Gasteiger partial charge in [-0.2, -0.15) is 4.98 Å². The molecule has 1 aromatic carbocycles. The van der Waals surface area contributed by atoms with Gasteiger partial charge >= 0.3 is 0 Å². The van der Waals surface area contributed by atoms with E-state index in [-0.39, 0.29) is 23.5 Å². The van der Waals surface area contributed by atoms with Crippen molar-refractivity contribution in [2.45, 2.75) is 63.1 Å². The van der Waals surface area contributed by atoms with Crippen LogP contribution in [0, 0.1) is 6.92 Å². The Morgan fingerprint density at radius 1 is 1.21 bits per heavy atom. The summed E-state index contributed by atoms with van der Waals surface area (Å²) in [5, 5.41) is 9.91. The highest BCUT2D eigenvalue weighted by molar-refractivity contribution is 6.04. The zero-order valence-corrected chi connectivity index (χ0v) is 16.1. The molecule has 1 aromatic heterocycles. The topological polar surface area (TPSA) is 105 Å². The van der Waals surface area contributed by atoms with Crippen molar-refractivity contribution in [1.82, 2.24) is 15.3 Å². The van der Waals surface area contributed by atoms with Gasteiger partial charge in [0.2, 0.25) is 5.95 Å². The molecule has 7 nitrogen and oxygen atoms in total. The highest BCUT2D eigenvalue weighted by atomic mass is 16.2. The van der Waals surface area contributed by atoms with Gasteiger partial charge in [-0.3, -0.25) is 4.79 Å². The summed E-state index contributed by atoms with van der Waals surface area (Å²) in [6.45, 7) is 2.04. The molecule has 2 aromatic rings. The monoisotopic (exact) mass is 378 g/mol. The quantitative estimate of drug-likeness (QED) is 0.652. The van der Waals surface area contributed by atoms with E-state index in [2.05, 4.69) is 16.0 Å². The molecule has 2 aliphatic carbocycles. The average molecular weight is 378 g/mol. The fourth-order valence-electron chi connectivity index (χ4n) is 4.37. The Balaban J connectivity index is 1.53. The van der Waals surface area contributed by atoms with E-state index in [1.807, 2.05) is 31.2 Å². The second-order valence-electron chi connectivity index (χ2n) is 8.35. The van der Waals surface area contributed by atoms with Crippen molar-refractivity contribution in [3.8, 4) is 0 Å². The van der Waals surface area contributed by atoms with Crippen LogP contribution in [0.3, 0.4) is 0 Å². The number of aryl methyl sites for hydroxylation is 1. The third-order valence-corrected chi connectivity index (χ3v) is 6.11. The van der Waals surface area contributed by atoms with Crippen molar-refractivity contribution in [3.63, 3.8) is 0 Å². The number of benzene rings is 1. The molecule has 7 heteroatoms. The first-order chi connectivity index (χ1) is 13.5. The molecule has 5 N–H and O–H groups in total. The van der Waals surface area contributed by atoms with Gasteiger partial charge in [-0.15, -0.1) is 0 Å². The summed E-state index contributed by atoms with van der Waals surface area (Å²) in [4.78, 5) is 22.1. The summed E-state index contributed by atoms with van der Waals surface area (Å²) in [7, 11) is 0. The minimum atomic E-state index is -0.302. The number of rotatable bonds is 4. The van der Waals surface area contributed by atoms with Gasteiger partial charge in [0.05, 0.1) is 11.2 Å². The van der Waals surface area contributed by atoms with E-state index in [0.29, 0.717) is 17.3 Å². The molecule has 1 amide bonds. The first-order valence-corrected chi connectivity index (χ1v) is 10.1. The molecule has 3 aliphatic rings. The maximum Gasteiger partial charge on any atom is 0.257 e. The zero-order valence-electron chi connectivity index (χ0n) is 16.1. The Hall–Kier alpha value is -2.67. The van der Waals surface area contributed by atoms with Gasteiger partial charge in [0.25, 0.3) is 5.91 Å². The van der Waals surface area contributed by atoms with Crippen LogP contribution >= 0.6 is 0 Å². The molecule has 28 heavy (non-hydrogen) atoms. The number of fused-ring (bicyclic) bond motifs is 2. The van der Waals surface area contributed by atoms with Crippen molar-refractivity contribution in [2.75, 3.05) is 10.6 Å². The summed E-state index contributed by atoms with van der Waals surface area (Å²) in [5.74, 6) is 1.02. The number of amides is 1. The molecule has 2 fully saturated rings. The first kappa shape index (κ1) is 17.4. The molecular formula is C21H26N6O. The van der Waals surface area contributed by atoms with Crippen LogP contribution in [-0.2, 0) is 5.54 Å². The molecule has 2 saturated carbocycles. The Bertz CT molecular complexity index is 938. The van der Waals surface area contributed by atoms with E-state index in [9.17, 15) is 4.79 Å². The van der Waals surface area contributed by atoms with Crippen LogP contribution in [0.2, 0.25) is 0 Å². The minimum absolute atomic E-state index is 0.0939. The summed E-state index contributed by atoms with van der Waals surface area (Å²) >= 11 is 0. The second-order valence-corrected chi connectivity index (χ2v) is 8.35. The predicted octanol–water partition coefficient (Wildman–Crippen LogP) is 2.94. The molecule has 1 aliphatic heterocycles. The summed E-state index contributed by atoms with van der Waals surface area (Å²) in [5.41, 5.74) is 9.44. The Labute approximate surface area is 164 Å². The molecule has 0 saturated heterocycles. The maximum atomic E-state index is 12.7. The van der Waals surface area contributed by atoms with Crippen molar-refractivity contribution in [1.29, 1.82) is 0 Å². The van der Waals surface area contributed by atoms with E-state index >= 15 is 0 Å². The van der Waals surface area contributed by atoms with Gasteiger partial charge < -0.3 is 21.7 Å². The van der Waals surface area contributed by atoms with Gasteiger partial charge in [-0.25, -0.2) is 4.98 Å². The third-order valence-electron chi connectivity index (χ3n) is 6.11. The number of nitrogens with one attached hydrogen (secondary N) is 3. The average Bonchev–Trinajstić information content (AvgIpc) is 3.37. The molecule has 146 valence electrons. The normalized spacial score (nSPS) is 24.6. The lowest BCUT2D eigenvalue weighted by Crippen LogP contribution is -2.43. The molecule has 5 rings (SSSR count). The smallest absolute Gasteiger partial charge is 0.257 e. The number of hydrogen-bond acceptors (Lipinski definition) is 6. The van der Waals surface area contributed by atoms with Crippen LogP contribution in [0.15, 0.2) is 24.3 Å². The number of nitrogens with zero attached hydrogens (tertiary/aromatic N) is 2.